The van der Waals surface area contributed by atoms with Crippen LogP contribution < -0.4 is 0 Å². The van der Waals surface area contributed by atoms with Gasteiger partial charge in [0, 0.05) is 12.2 Å². The quantitative estimate of drug-likeness (QED) is 0.529. The van der Waals surface area contributed by atoms with E-state index in [1.807, 2.05) is 13.8 Å². The summed E-state index contributed by atoms with van der Waals surface area (Å²) in [5.74, 6) is -2.26. The van der Waals surface area contributed by atoms with E-state index in [0.717, 1.165) is 12.2 Å². The first-order valence-corrected chi connectivity index (χ1v) is 5.87. The van der Waals surface area contributed by atoms with Gasteiger partial charge in [-0.2, -0.15) is 0 Å². The largest absolute Gasteiger partial charge is 0.387 e. The molecule has 6 nitrogen and oxygen atoms in total. The maximum Gasteiger partial charge on any atom is 0.346 e. The molecule has 0 fully saturated rings. The van der Waals surface area contributed by atoms with Crippen LogP contribution in [0.1, 0.15) is 34.6 Å². The second kappa shape index (κ2) is 6.98. The Hall–Kier alpha value is -2.76. The lowest BCUT2D eigenvalue weighted by Crippen LogP contribution is -1.96. The molecule has 0 atom stereocenters. The zero-order chi connectivity index (χ0) is 15.1. The molecule has 2 aliphatic rings. The lowest BCUT2D eigenvalue weighted by atomic mass is 10.1. The zero-order valence-corrected chi connectivity index (χ0v) is 10.9. The lowest BCUT2D eigenvalue weighted by Gasteiger charge is -1.86. The summed E-state index contributed by atoms with van der Waals surface area (Å²) < 4.78 is 8.33. The Kier molecular flexibility index (Phi) is 5.34. The van der Waals surface area contributed by atoms with Gasteiger partial charge in [-0.05, 0) is 12.1 Å². The second-order valence-electron chi connectivity index (χ2n) is 3.30. The molecule has 0 aliphatic carbocycles. The van der Waals surface area contributed by atoms with Gasteiger partial charge in [0.15, 0.2) is 0 Å². The predicted molar refractivity (Wildman–Crippen MR) is 67.8 cm³/mol. The van der Waals surface area contributed by atoms with E-state index in [0.29, 0.717) is 11.1 Å². The van der Waals surface area contributed by atoms with Crippen molar-refractivity contribution < 1.29 is 28.7 Å². The molecule has 0 bridgehead atoms. The lowest BCUT2D eigenvalue weighted by molar-refractivity contribution is -0.150. The second-order valence-corrected chi connectivity index (χ2v) is 3.30. The van der Waals surface area contributed by atoms with Gasteiger partial charge in [-0.3, -0.25) is 0 Å². The fourth-order valence-corrected chi connectivity index (χ4v) is 1.34. The summed E-state index contributed by atoms with van der Waals surface area (Å²) in [5.41, 5.74) is 0.718. The van der Waals surface area contributed by atoms with Gasteiger partial charge >= 0.3 is 23.9 Å². The number of fused-ring (bicyclic) bond motifs is 1. The van der Waals surface area contributed by atoms with Crippen molar-refractivity contribution in [1.82, 2.24) is 0 Å². The highest BCUT2D eigenvalue weighted by atomic mass is 16.6. The van der Waals surface area contributed by atoms with Crippen LogP contribution in [0.4, 0.5) is 0 Å². The summed E-state index contributed by atoms with van der Waals surface area (Å²) in [5, 5.41) is 0. The Balaban J connectivity index is 0.000000193. The molecule has 20 heavy (non-hydrogen) atoms. The molecule has 1 aromatic rings. The Labute approximate surface area is 115 Å². The summed E-state index contributed by atoms with van der Waals surface area (Å²) in [6.07, 6.45) is 2.17. The van der Waals surface area contributed by atoms with Crippen molar-refractivity contribution in [2.75, 3.05) is 0 Å². The maximum absolute atomic E-state index is 10.8. The van der Waals surface area contributed by atoms with Crippen LogP contribution in [0.5, 0.6) is 0 Å². The number of benzene rings is 1. The Morgan fingerprint density at radius 1 is 0.700 bits per heavy atom. The van der Waals surface area contributed by atoms with E-state index in [1.165, 1.54) is 0 Å². The van der Waals surface area contributed by atoms with E-state index in [-0.39, 0.29) is 0 Å². The Morgan fingerprint density at radius 2 is 1.10 bits per heavy atom. The van der Waals surface area contributed by atoms with E-state index in [2.05, 4.69) is 9.47 Å². The van der Waals surface area contributed by atoms with Crippen molar-refractivity contribution in [1.29, 1.82) is 0 Å². The van der Waals surface area contributed by atoms with E-state index in [4.69, 9.17) is 0 Å². The van der Waals surface area contributed by atoms with Gasteiger partial charge < -0.3 is 9.47 Å². The van der Waals surface area contributed by atoms with Crippen LogP contribution in [0.2, 0.25) is 0 Å². The van der Waals surface area contributed by atoms with Crippen molar-refractivity contribution in [3.05, 3.63) is 47.5 Å². The molecule has 3 rings (SSSR count). The van der Waals surface area contributed by atoms with E-state index < -0.39 is 23.9 Å². The highest BCUT2D eigenvalue weighted by Crippen LogP contribution is 2.18. The fraction of sp³-hybridized carbons (Fsp3) is 0.143. The third kappa shape index (κ3) is 3.61. The maximum atomic E-state index is 10.8. The van der Waals surface area contributed by atoms with Gasteiger partial charge in [-0.1, -0.05) is 26.0 Å². The number of hydrogen-bond acceptors (Lipinski definition) is 6. The van der Waals surface area contributed by atoms with Crippen molar-refractivity contribution in [3.8, 4) is 0 Å². The van der Waals surface area contributed by atoms with Crippen LogP contribution in [0, 0.1) is 0 Å². The van der Waals surface area contributed by atoms with E-state index in [9.17, 15) is 19.2 Å². The smallest absolute Gasteiger partial charge is 0.346 e. The number of rotatable bonds is 0. The minimum absolute atomic E-state index is 0.359. The third-order valence-electron chi connectivity index (χ3n) is 2.11. The van der Waals surface area contributed by atoms with Crippen LogP contribution in [0.3, 0.4) is 0 Å². The summed E-state index contributed by atoms with van der Waals surface area (Å²) >= 11 is 0. The molecule has 0 radical (unpaired) electrons. The van der Waals surface area contributed by atoms with Crippen molar-refractivity contribution >= 4 is 23.9 Å². The van der Waals surface area contributed by atoms with Gasteiger partial charge in [-0.15, -0.1) is 0 Å². The monoisotopic (exact) mass is 276 g/mol. The van der Waals surface area contributed by atoms with Gasteiger partial charge in [0.05, 0.1) is 11.1 Å². The molecule has 0 N–H and O–H groups in total. The molecule has 0 aromatic heterocycles. The molecule has 0 unspecified atom stereocenters. The highest BCUT2D eigenvalue weighted by Gasteiger charge is 2.28. The first-order chi connectivity index (χ1) is 9.58. The molecular formula is C14H12O6. The van der Waals surface area contributed by atoms with Crippen molar-refractivity contribution in [2.24, 2.45) is 0 Å². The average Bonchev–Trinajstić information content (AvgIpc) is 2.97. The third-order valence-corrected chi connectivity index (χ3v) is 2.11. The number of hydrogen-bond donors (Lipinski definition) is 0. The fourth-order valence-electron chi connectivity index (χ4n) is 1.34. The molecule has 1 aromatic carbocycles. The van der Waals surface area contributed by atoms with Crippen molar-refractivity contribution in [2.45, 2.75) is 13.8 Å². The van der Waals surface area contributed by atoms with Gasteiger partial charge in [0.2, 0.25) is 0 Å². The highest BCUT2D eigenvalue weighted by molar-refractivity contribution is 6.14. The minimum Gasteiger partial charge on any atom is -0.387 e. The molecule has 0 saturated heterocycles. The molecule has 0 spiro atoms. The molecule has 104 valence electrons. The zero-order valence-electron chi connectivity index (χ0n) is 10.9. The molecular weight excluding hydrogens is 264 g/mol. The van der Waals surface area contributed by atoms with Crippen LogP contribution >= 0.6 is 0 Å². The Bertz CT molecular complexity index is 536. The van der Waals surface area contributed by atoms with Gasteiger partial charge in [-0.25, -0.2) is 19.2 Å². The van der Waals surface area contributed by atoms with Crippen LogP contribution in [0.25, 0.3) is 0 Å². The molecule has 0 amide bonds. The molecule has 6 heteroatoms. The molecule has 2 heterocycles. The van der Waals surface area contributed by atoms with Crippen LogP contribution in [0.15, 0.2) is 36.4 Å². The van der Waals surface area contributed by atoms with E-state index in [1.54, 1.807) is 24.3 Å². The summed E-state index contributed by atoms with van der Waals surface area (Å²) in [6.45, 7) is 4.00. The van der Waals surface area contributed by atoms with Gasteiger partial charge in [0.25, 0.3) is 0 Å². The van der Waals surface area contributed by atoms with Crippen LogP contribution in [-0.4, -0.2) is 23.9 Å². The van der Waals surface area contributed by atoms with Crippen molar-refractivity contribution in [3.63, 3.8) is 0 Å². The predicted octanol–water partition coefficient (Wildman–Crippen LogP) is 1.65. The SMILES string of the molecule is CC.O=C1C=CC(=O)O1.O=C1OC(=O)c2ccccc21. The number of carbonyl (C=O) groups is 4. The Morgan fingerprint density at radius 3 is 1.40 bits per heavy atom. The molecule has 0 saturated carbocycles. The van der Waals surface area contributed by atoms with Crippen LogP contribution in [-0.2, 0) is 19.1 Å². The normalized spacial score (nSPS) is 14.5. The summed E-state index contributed by atoms with van der Waals surface area (Å²) in [4.78, 5) is 41.5. The van der Waals surface area contributed by atoms with Gasteiger partial charge in [0.1, 0.15) is 0 Å². The first kappa shape index (κ1) is 15.3. The standard InChI is InChI=1S/C8H4O3.C4H2O3.C2H6/c9-7-5-3-1-2-4-6(5)8(10)11-7;5-3-1-2-4(6)7-3;1-2/h1-4H;1-2H;1-2H3. The average molecular weight is 276 g/mol. The number of ether oxygens (including phenoxy) is 2. The number of esters is 4. The molecule has 2 aliphatic heterocycles. The minimum atomic E-state index is -0.579. The number of carbonyl (C=O) groups excluding carboxylic acids is 4. The van der Waals surface area contributed by atoms with E-state index >= 15 is 0 Å². The first-order valence-electron chi connectivity index (χ1n) is 5.87. The topological polar surface area (TPSA) is 86.7 Å². The summed E-state index contributed by atoms with van der Waals surface area (Å²) in [7, 11) is 0. The summed E-state index contributed by atoms with van der Waals surface area (Å²) in [6, 6.07) is 6.53. The number of cyclic esters (lactones) is 4.